The first-order valence-corrected chi connectivity index (χ1v) is 9.49. The zero-order chi connectivity index (χ0) is 22.9. The molecule has 31 heavy (non-hydrogen) atoms. The summed E-state index contributed by atoms with van der Waals surface area (Å²) in [6.07, 6.45) is 2.45. The molecule has 1 aliphatic rings. The van der Waals surface area contributed by atoms with Crippen LogP contribution in [0.1, 0.15) is 39.8 Å². The maximum atomic E-state index is 13.2. The number of fused-ring (bicyclic) bond motifs is 1. The molecule has 1 aliphatic heterocycles. The van der Waals surface area contributed by atoms with Gasteiger partial charge < -0.3 is 9.47 Å². The van der Waals surface area contributed by atoms with Crippen molar-refractivity contribution in [3.8, 4) is 12.3 Å². The van der Waals surface area contributed by atoms with Crippen molar-refractivity contribution in [2.75, 3.05) is 5.32 Å². The third kappa shape index (κ3) is 4.13. The zero-order valence-electron chi connectivity index (χ0n) is 17.1. The summed E-state index contributed by atoms with van der Waals surface area (Å²) in [5, 5.41) is 2.35. The van der Waals surface area contributed by atoms with E-state index in [1.54, 1.807) is 6.92 Å². The number of Topliss-reactive ketones (excluding diaryl/α,β-unsaturated/α-hetero) is 1. The Balaban J connectivity index is 2.25. The number of imidazole rings is 1. The van der Waals surface area contributed by atoms with Crippen molar-refractivity contribution in [1.82, 2.24) is 19.1 Å². The van der Waals surface area contributed by atoms with Crippen LogP contribution in [0.5, 0.6) is 0 Å². The number of nitrogens with one attached hydrogen (secondary N) is 2. The smallest absolute Gasteiger partial charge is 0.333 e. The van der Waals surface area contributed by atoms with Crippen LogP contribution >= 0.6 is 0 Å². The van der Waals surface area contributed by atoms with Crippen LogP contribution in [0.3, 0.4) is 0 Å². The third-order valence-corrected chi connectivity index (χ3v) is 4.70. The normalized spacial score (nSPS) is 20.4. The summed E-state index contributed by atoms with van der Waals surface area (Å²) in [4.78, 5) is 67.6. The van der Waals surface area contributed by atoms with Crippen molar-refractivity contribution < 1.29 is 23.9 Å². The minimum atomic E-state index is -1.22. The SMILES string of the molecule is C#CCn1c(=O)n([C@@H]2O[C@H](C(=O)CC)C[C@H]2OC(C)=O)c2nc(NC(C)=O)[nH]c(=O)c21. The number of carbonyl (C=O) groups excluding carboxylic acids is 3. The molecule has 0 spiro atoms. The number of hydrogen-bond donors (Lipinski definition) is 2. The highest BCUT2D eigenvalue weighted by atomic mass is 16.6. The van der Waals surface area contributed by atoms with E-state index in [2.05, 4.69) is 21.2 Å². The molecule has 1 amide bonds. The van der Waals surface area contributed by atoms with Crippen LogP contribution < -0.4 is 16.6 Å². The van der Waals surface area contributed by atoms with E-state index in [1.165, 1.54) is 13.8 Å². The van der Waals surface area contributed by atoms with Crippen molar-refractivity contribution in [3.05, 3.63) is 20.8 Å². The highest BCUT2D eigenvalue weighted by molar-refractivity contribution is 5.87. The lowest BCUT2D eigenvalue weighted by Crippen LogP contribution is -2.33. The molecule has 0 aliphatic carbocycles. The molecule has 3 heterocycles. The second kappa shape index (κ2) is 8.57. The van der Waals surface area contributed by atoms with Gasteiger partial charge in [-0.1, -0.05) is 12.8 Å². The molecule has 0 radical (unpaired) electrons. The number of H-pyrrole nitrogens is 1. The van der Waals surface area contributed by atoms with E-state index in [9.17, 15) is 24.0 Å². The number of amides is 1. The standard InChI is InChI=1S/C19H21N5O7/c1-5-7-23-14-15(21-18(20-9(3)25)22-16(14)28)24(19(23)29)17-13(30-10(4)26)8-12(31-17)11(27)6-2/h1,12-13,17H,6-8H2,2-4H3,(H2,20,21,22,25,28)/t12-,13+,17+/m0/s1. The van der Waals surface area contributed by atoms with Gasteiger partial charge in [-0.2, -0.15) is 4.98 Å². The maximum Gasteiger partial charge on any atom is 0.333 e. The number of aromatic nitrogens is 4. The van der Waals surface area contributed by atoms with Crippen LogP contribution in [0, 0.1) is 12.3 Å². The molecule has 2 N–H and O–H groups in total. The Morgan fingerprint density at radius 3 is 2.65 bits per heavy atom. The quantitative estimate of drug-likeness (QED) is 0.466. The molecule has 1 fully saturated rings. The predicted molar refractivity (Wildman–Crippen MR) is 107 cm³/mol. The first-order valence-electron chi connectivity index (χ1n) is 9.49. The number of ketones is 1. The Labute approximate surface area is 175 Å². The first-order chi connectivity index (χ1) is 14.7. The molecular formula is C19H21N5O7. The summed E-state index contributed by atoms with van der Waals surface area (Å²) in [5.74, 6) is 0.739. The summed E-state index contributed by atoms with van der Waals surface area (Å²) in [6.45, 7) is 3.83. The maximum absolute atomic E-state index is 13.2. The van der Waals surface area contributed by atoms with Gasteiger partial charge in [-0.15, -0.1) is 6.42 Å². The summed E-state index contributed by atoms with van der Waals surface area (Å²) in [6, 6.07) is 0. The number of aromatic amines is 1. The Hall–Kier alpha value is -3.72. The number of rotatable bonds is 6. The Morgan fingerprint density at radius 1 is 1.35 bits per heavy atom. The van der Waals surface area contributed by atoms with E-state index in [1.807, 2.05) is 0 Å². The molecule has 2 aromatic heterocycles. The van der Waals surface area contributed by atoms with Crippen molar-refractivity contribution in [2.45, 2.75) is 58.6 Å². The van der Waals surface area contributed by atoms with Crippen LogP contribution in [-0.4, -0.2) is 49.0 Å². The monoisotopic (exact) mass is 431 g/mol. The highest BCUT2D eigenvalue weighted by Gasteiger charge is 2.43. The first kappa shape index (κ1) is 22.0. The van der Waals surface area contributed by atoms with Crippen LogP contribution in [0.4, 0.5) is 5.95 Å². The molecule has 12 nitrogen and oxygen atoms in total. The molecule has 1 saturated heterocycles. The molecule has 3 rings (SSSR count). The van der Waals surface area contributed by atoms with Gasteiger partial charge in [0.05, 0.1) is 6.54 Å². The van der Waals surface area contributed by atoms with Crippen LogP contribution in [0.25, 0.3) is 11.2 Å². The topological polar surface area (TPSA) is 154 Å². The van der Waals surface area contributed by atoms with E-state index < -0.39 is 41.6 Å². The average molecular weight is 431 g/mol. The molecule has 0 bridgehead atoms. The van der Waals surface area contributed by atoms with Gasteiger partial charge in [-0.25, -0.2) is 9.36 Å². The Kier molecular flexibility index (Phi) is 6.07. The fraction of sp³-hybridized carbons (Fsp3) is 0.474. The third-order valence-electron chi connectivity index (χ3n) is 4.70. The number of carbonyl (C=O) groups is 3. The summed E-state index contributed by atoms with van der Waals surface area (Å²) >= 11 is 0. The molecule has 2 aromatic rings. The lowest BCUT2D eigenvalue weighted by molar-refractivity contribution is -0.152. The highest BCUT2D eigenvalue weighted by Crippen LogP contribution is 2.33. The molecule has 0 unspecified atom stereocenters. The zero-order valence-corrected chi connectivity index (χ0v) is 17.1. The van der Waals surface area contributed by atoms with Gasteiger partial charge >= 0.3 is 11.7 Å². The van der Waals surface area contributed by atoms with E-state index in [-0.39, 0.29) is 42.3 Å². The van der Waals surface area contributed by atoms with Gasteiger partial charge in [0, 0.05) is 26.7 Å². The minimum Gasteiger partial charge on any atom is -0.458 e. The number of anilines is 1. The molecule has 0 aromatic carbocycles. The molecule has 3 atom stereocenters. The van der Waals surface area contributed by atoms with Crippen LogP contribution in [-0.2, 0) is 30.4 Å². The van der Waals surface area contributed by atoms with Crippen molar-refractivity contribution in [1.29, 1.82) is 0 Å². The van der Waals surface area contributed by atoms with Gasteiger partial charge in [-0.3, -0.25) is 34.0 Å². The van der Waals surface area contributed by atoms with E-state index >= 15 is 0 Å². The molecule has 0 saturated carbocycles. The number of terminal acetylenes is 1. The van der Waals surface area contributed by atoms with Crippen molar-refractivity contribution in [2.24, 2.45) is 0 Å². The Morgan fingerprint density at radius 2 is 2.06 bits per heavy atom. The van der Waals surface area contributed by atoms with Gasteiger partial charge in [0.1, 0.15) is 12.2 Å². The summed E-state index contributed by atoms with van der Waals surface area (Å²) in [7, 11) is 0. The Bertz CT molecular complexity index is 1220. The van der Waals surface area contributed by atoms with E-state index in [0.717, 1.165) is 9.13 Å². The van der Waals surface area contributed by atoms with Gasteiger partial charge in [0.25, 0.3) is 5.56 Å². The van der Waals surface area contributed by atoms with E-state index in [4.69, 9.17) is 15.9 Å². The van der Waals surface area contributed by atoms with Crippen LogP contribution in [0.2, 0.25) is 0 Å². The van der Waals surface area contributed by atoms with Crippen LogP contribution in [0.15, 0.2) is 9.59 Å². The number of esters is 1. The predicted octanol–water partition coefficient (Wildman–Crippen LogP) is -0.324. The van der Waals surface area contributed by atoms with Crippen molar-refractivity contribution in [3.63, 3.8) is 0 Å². The molecular weight excluding hydrogens is 410 g/mol. The summed E-state index contributed by atoms with van der Waals surface area (Å²) in [5.41, 5.74) is -1.74. The van der Waals surface area contributed by atoms with E-state index in [0.29, 0.717) is 0 Å². The number of nitrogens with zero attached hydrogens (tertiary/aromatic N) is 3. The second-order valence-corrected chi connectivity index (χ2v) is 6.93. The average Bonchev–Trinajstić information content (AvgIpc) is 3.19. The summed E-state index contributed by atoms with van der Waals surface area (Å²) < 4.78 is 13.1. The molecule has 12 heteroatoms. The van der Waals surface area contributed by atoms with Gasteiger partial charge in [0.2, 0.25) is 11.9 Å². The van der Waals surface area contributed by atoms with Gasteiger partial charge in [0.15, 0.2) is 23.2 Å². The lowest BCUT2D eigenvalue weighted by Gasteiger charge is -2.19. The minimum absolute atomic E-state index is 0.0346. The van der Waals surface area contributed by atoms with Crippen molar-refractivity contribution >= 4 is 34.8 Å². The number of hydrogen-bond acceptors (Lipinski definition) is 8. The second-order valence-electron chi connectivity index (χ2n) is 6.93. The fourth-order valence-corrected chi connectivity index (χ4v) is 3.50. The lowest BCUT2D eigenvalue weighted by atomic mass is 10.1. The largest absolute Gasteiger partial charge is 0.458 e. The van der Waals surface area contributed by atoms with Gasteiger partial charge in [-0.05, 0) is 0 Å². The fourth-order valence-electron chi connectivity index (χ4n) is 3.50. The number of ether oxygens (including phenoxy) is 2. The molecule has 164 valence electrons.